The van der Waals surface area contributed by atoms with E-state index < -0.39 is 0 Å². The Morgan fingerprint density at radius 1 is 1.00 bits per heavy atom. The summed E-state index contributed by atoms with van der Waals surface area (Å²) in [6, 6.07) is 17.8. The zero-order chi connectivity index (χ0) is 19.3. The van der Waals surface area contributed by atoms with Crippen molar-refractivity contribution in [2.75, 3.05) is 18.8 Å². The van der Waals surface area contributed by atoms with Gasteiger partial charge in [-0.3, -0.25) is 9.36 Å². The fraction of sp³-hybridized carbons (Fsp3) is 0.286. The van der Waals surface area contributed by atoms with E-state index in [1.807, 2.05) is 51.9 Å². The first-order chi connectivity index (χ1) is 13.7. The summed E-state index contributed by atoms with van der Waals surface area (Å²) in [5.41, 5.74) is 1.98. The Hall–Kier alpha value is -2.31. The largest absolute Gasteiger partial charge is 0.342 e. The SMILES string of the molecule is O=C(CSc1nnc(-c2ccccc2Cl)n1Cc1ccccc1)N1CCCC1. The molecule has 0 unspecified atom stereocenters. The van der Waals surface area contributed by atoms with Crippen molar-refractivity contribution in [1.82, 2.24) is 19.7 Å². The van der Waals surface area contributed by atoms with Crippen molar-refractivity contribution < 1.29 is 4.79 Å². The van der Waals surface area contributed by atoms with Crippen molar-refractivity contribution >= 4 is 29.3 Å². The average molecular weight is 413 g/mol. The van der Waals surface area contributed by atoms with Crippen LogP contribution >= 0.6 is 23.4 Å². The number of hydrogen-bond donors (Lipinski definition) is 0. The second kappa shape index (κ2) is 8.80. The molecule has 1 aromatic heterocycles. The fourth-order valence-corrected chi connectivity index (χ4v) is 4.39. The van der Waals surface area contributed by atoms with Gasteiger partial charge in [-0.25, -0.2) is 0 Å². The molecule has 0 aliphatic carbocycles. The maximum absolute atomic E-state index is 12.4. The van der Waals surface area contributed by atoms with Crippen LogP contribution in [0.4, 0.5) is 0 Å². The van der Waals surface area contributed by atoms with Crippen molar-refractivity contribution in [2.24, 2.45) is 0 Å². The van der Waals surface area contributed by atoms with E-state index in [9.17, 15) is 4.79 Å². The standard InChI is InChI=1S/C21H21ClN4OS/c22-18-11-5-4-10-17(18)20-23-24-21(26(20)14-16-8-2-1-3-9-16)28-15-19(27)25-12-6-7-13-25/h1-5,8-11H,6-7,12-15H2. The van der Waals surface area contributed by atoms with Gasteiger partial charge in [0.15, 0.2) is 11.0 Å². The Labute approximate surface area is 173 Å². The number of halogens is 1. The monoisotopic (exact) mass is 412 g/mol. The van der Waals surface area contributed by atoms with Gasteiger partial charge in [0.2, 0.25) is 5.91 Å². The zero-order valence-corrected chi connectivity index (χ0v) is 17.0. The highest BCUT2D eigenvalue weighted by Gasteiger charge is 2.21. The average Bonchev–Trinajstić information content (AvgIpc) is 3.38. The van der Waals surface area contributed by atoms with Crippen molar-refractivity contribution in [2.45, 2.75) is 24.5 Å². The molecule has 0 atom stereocenters. The third kappa shape index (κ3) is 4.23. The first-order valence-corrected chi connectivity index (χ1v) is 10.7. The summed E-state index contributed by atoms with van der Waals surface area (Å²) in [5.74, 6) is 1.25. The van der Waals surface area contributed by atoms with Crippen LogP contribution in [0.15, 0.2) is 59.8 Å². The maximum atomic E-state index is 12.4. The molecule has 28 heavy (non-hydrogen) atoms. The molecular weight excluding hydrogens is 392 g/mol. The Kier molecular flexibility index (Phi) is 5.98. The number of thioether (sulfide) groups is 1. The minimum atomic E-state index is 0.163. The summed E-state index contributed by atoms with van der Waals surface area (Å²) in [6.45, 7) is 2.34. The van der Waals surface area contributed by atoms with E-state index in [1.54, 1.807) is 0 Å². The Balaban J connectivity index is 1.62. The van der Waals surface area contributed by atoms with E-state index in [2.05, 4.69) is 22.3 Å². The van der Waals surface area contributed by atoms with Gasteiger partial charge in [-0.05, 0) is 30.5 Å². The highest BCUT2D eigenvalue weighted by molar-refractivity contribution is 7.99. The van der Waals surface area contributed by atoms with Crippen molar-refractivity contribution in [3.63, 3.8) is 0 Å². The number of amides is 1. The zero-order valence-electron chi connectivity index (χ0n) is 15.4. The van der Waals surface area contributed by atoms with Gasteiger partial charge in [-0.15, -0.1) is 10.2 Å². The highest BCUT2D eigenvalue weighted by Crippen LogP contribution is 2.30. The van der Waals surface area contributed by atoms with E-state index in [-0.39, 0.29) is 5.91 Å². The molecule has 5 nitrogen and oxygen atoms in total. The molecule has 0 spiro atoms. The molecule has 2 aromatic carbocycles. The Morgan fingerprint density at radius 3 is 2.46 bits per heavy atom. The van der Waals surface area contributed by atoms with Crippen LogP contribution in [0.1, 0.15) is 18.4 Å². The molecule has 1 aliphatic rings. The number of aromatic nitrogens is 3. The quantitative estimate of drug-likeness (QED) is 0.564. The van der Waals surface area contributed by atoms with Gasteiger partial charge in [-0.2, -0.15) is 0 Å². The van der Waals surface area contributed by atoms with Gasteiger partial charge in [0, 0.05) is 18.7 Å². The normalized spacial score (nSPS) is 13.8. The number of likely N-dealkylation sites (tertiary alicyclic amines) is 1. The lowest BCUT2D eigenvalue weighted by atomic mass is 10.2. The van der Waals surface area contributed by atoms with Crippen LogP contribution in [0.2, 0.25) is 5.02 Å². The van der Waals surface area contributed by atoms with Gasteiger partial charge in [-0.1, -0.05) is 65.8 Å². The van der Waals surface area contributed by atoms with Gasteiger partial charge >= 0.3 is 0 Å². The molecule has 1 aliphatic heterocycles. The van der Waals surface area contributed by atoms with Crippen molar-refractivity contribution in [3.05, 3.63) is 65.2 Å². The van der Waals surface area contributed by atoms with Crippen molar-refractivity contribution in [1.29, 1.82) is 0 Å². The predicted octanol–water partition coefficient (Wildman–Crippen LogP) is 4.36. The molecule has 144 valence electrons. The molecule has 1 fully saturated rings. The molecule has 0 bridgehead atoms. The summed E-state index contributed by atoms with van der Waals surface area (Å²) in [5, 5.41) is 10.1. The maximum Gasteiger partial charge on any atom is 0.233 e. The highest BCUT2D eigenvalue weighted by atomic mass is 35.5. The summed E-state index contributed by atoms with van der Waals surface area (Å²) in [7, 11) is 0. The summed E-state index contributed by atoms with van der Waals surface area (Å²) in [6.07, 6.45) is 2.19. The number of rotatable bonds is 6. The molecular formula is C21H21ClN4OS. The number of carbonyl (C=O) groups excluding carboxylic acids is 1. The second-order valence-corrected chi connectivity index (χ2v) is 8.08. The van der Waals surface area contributed by atoms with E-state index >= 15 is 0 Å². The lowest BCUT2D eigenvalue weighted by Crippen LogP contribution is -2.29. The topological polar surface area (TPSA) is 51.0 Å². The number of nitrogens with zero attached hydrogens (tertiary/aromatic N) is 4. The third-order valence-electron chi connectivity index (χ3n) is 4.80. The van der Waals surface area contributed by atoms with Gasteiger partial charge in [0.1, 0.15) is 0 Å². The van der Waals surface area contributed by atoms with Crippen LogP contribution in [0.5, 0.6) is 0 Å². The minimum absolute atomic E-state index is 0.163. The Morgan fingerprint density at radius 2 is 1.71 bits per heavy atom. The van der Waals surface area contributed by atoms with E-state index in [0.717, 1.165) is 42.2 Å². The van der Waals surface area contributed by atoms with Gasteiger partial charge < -0.3 is 4.90 Å². The first kappa shape index (κ1) is 19.0. The lowest BCUT2D eigenvalue weighted by molar-refractivity contribution is -0.127. The summed E-state index contributed by atoms with van der Waals surface area (Å²) < 4.78 is 2.04. The molecule has 2 heterocycles. The van der Waals surface area contributed by atoms with Crippen molar-refractivity contribution in [3.8, 4) is 11.4 Å². The molecule has 7 heteroatoms. The fourth-order valence-electron chi connectivity index (χ4n) is 3.33. The van der Waals surface area contributed by atoms with Crippen LogP contribution in [0.3, 0.4) is 0 Å². The van der Waals surface area contributed by atoms with E-state index in [1.165, 1.54) is 11.8 Å². The Bertz CT molecular complexity index is 954. The second-order valence-electron chi connectivity index (χ2n) is 6.73. The molecule has 0 saturated carbocycles. The molecule has 0 radical (unpaired) electrons. The van der Waals surface area contributed by atoms with E-state index in [0.29, 0.717) is 23.1 Å². The number of benzene rings is 2. The smallest absolute Gasteiger partial charge is 0.233 e. The summed E-state index contributed by atoms with van der Waals surface area (Å²) >= 11 is 7.85. The minimum Gasteiger partial charge on any atom is -0.342 e. The van der Waals surface area contributed by atoms with Crippen LogP contribution in [-0.4, -0.2) is 44.4 Å². The summed E-state index contributed by atoms with van der Waals surface area (Å²) in [4.78, 5) is 14.4. The predicted molar refractivity (Wildman–Crippen MR) is 113 cm³/mol. The van der Waals surface area contributed by atoms with Crippen LogP contribution in [0.25, 0.3) is 11.4 Å². The molecule has 1 amide bonds. The van der Waals surface area contributed by atoms with E-state index in [4.69, 9.17) is 11.6 Å². The lowest BCUT2D eigenvalue weighted by Gasteiger charge is -2.15. The molecule has 3 aromatic rings. The molecule has 1 saturated heterocycles. The van der Waals surface area contributed by atoms with Crippen LogP contribution in [0, 0.1) is 0 Å². The first-order valence-electron chi connectivity index (χ1n) is 9.35. The van der Waals surface area contributed by atoms with Crippen LogP contribution in [-0.2, 0) is 11.3 Å². The van der Waals surface area contributed by atoms with Gasteiger partial charge in [0.25, 0.3) is 0 Å². The number of carbonyl (C=O) groups is 1. The molecule has 4 rings (SSSR count). The number of hydrogen-bond acceptors (Lipinski definition) is 4. The third-order valence-corrected chi connectivity index (χ3v) is 6.08. The van der Waals surface area contributed by atoms with Gasteiger partial charge in [0.05, 0.1) is 17.3 Å². The molecule has 0 N–H and O–H groups in total. The van der Waals surface area contributed by atoms with Crippen LogP contribution < -0.4 is 0 Å².